The molecule has 0 amide bonds. The smallest absolute Gasteiger partial charge is 0.111 e. The van der Waals surface area contributed by atoms with Gasteiger partial charge in [-0.3, -0.25) is 0 Å². The zero-order chi connectivity index (χ0) is 7.56. The Morgan fingerprint density at radius 2 is 2.40 bits per heavy atom. The molecule has 3 heteroatoms. The maximum Gasteiger partial charge on any atom is 0.111 e. The molecule has 0 saturated heterocycles. The summed E-state index contributed by atoms with van der Waals surface area (Å²) >= 11 is 0. The van der Waals surface area contributed by atoms with Crippen molar-refractivity contribution in [2.75, 3.05) is 13.6 Å². The molecule has 1 aliphatic heterocycles. The van der Waals surface area contributed by atoms with E-state index in [-0.39, 0.29) is 0 Å². The molecular weight excluding hydrogens is 126 g/mol. The fraction of sp³-hybridized carbons (Fsp3) is 0.857. The topological polar surface area (TPSA) is 27.6 Å². The summed E-state index contributed by atoms with van der Waals surface area (Å²) in [7, 11) is 2.06. The van der Waals surface area contributed by atoms with Gasteiger partial charge in [0.1, 0.15) is 6.34 Å². The maximum atomic E-state index is 3.94. The Morgan fingerprint density at radius 1 is 1.70 bits per heavy atom. The number of nitrogens with one attached hydrogen (secondary N) is 1. The summed E-state index contributed by atoms with van der Waals surface area (Å²) < 4.78 is 0. The fourth-order valence-corrected chi connectivity index (χ4v) is 1.21. The molecule has 0 fully saturated rings. The quantitative estimate of drug-likeness (QED) is 0.575. The number of hydrogen-bond donors (Lipinski definition) is 1. The first-order chi connectivity index (χ1) is 4.72. The summed E-state index contributed by atoms with van der Waals surface area (Å²) in [6.45, 7) is 5.41. The van der Waals surface area contributed by atoms with E-state index in [2.05, 4.69) is 36.3 Å². The molecule has 0 aromatic carbocycles. The lowest BCUT2D eigenvalue weighted by atomic mass is 10.0. The molecule has 10 heavy (non-hydrogen) atoms. The summed E-state index contributed by atoms with van der Waals surface area (Å²) in [5.41, 5.74) is 2.97. The van der Waals surface area contributed by atoms with Crippen LogP contribution in [-0.2, 0) is 0 Å². The van der Waals surface area contributed by atoms with Gasteiger partial charge in [-0.1, -0.05) is 13.8 Å². The molecule has 0 radical (unpaired) electrons. The Morgan fingerprint density at radius 3 is 2.80 bits per heavy atom. The van der Waals surface area contributed by atoms with Crippen molar-refractivity contribution in [3.8, 4) is 0 Å². The Hall–Kier alpha value is -0.730. The number of hydrogen-bond acceptors (Lipinski definition) is 3. The molecule has 58 valence electrons. The lowest BCUT2D eigenvalue weighted by Crippen LogP contribution is -2.45. The molecule has 1 N–H and O–H groups in total. The predicted molar refractivity (Wildman–Crippen MR) is 42.9 cm³/mol. The van der Waals surface area contributed by atoms with Crippen molar-refractivity contribution in [3.05, 3.63) is 0 Å². The van der Waals surface area contributed by atoms with Gasteiger partial charge in [-0.25, -0.2) is 0 Å². The van der Waals surface area contributed by atoms with Gasteiger partial charge in [-0.05, 0) is 5.92 Å². The second-order valence-corrected chi connectivity index (χ2v) is 3.08. The third kappa shape index (κ3) is 1.40. The van der Waals surface area contributed by atoms with Crippen LogP contribution in [0.5, 0.6) is 0 Å². The molecule has 0 aromatic heterocycles. The van der Waals surface area contributed by atoms with Crippen molar-refractivity contribution >= 4 is 6.34 Å². The van der Waals surface area contributed by atoms with Gasteiger partial charge < -0.3 is 10.3 Å². The summed E-state index contributed by atoms with van der Waals surface area (Å²) in [4.78, 5) is 2.15. The van der Waals surface area contributed by atoms with Gasteiger partial charge >= 0.3 is 0 Å². The van der Waals surface area contributed by atoms with Crippen molar-refractivity contribution < 1.29 is 0 Å². The average Bonchev–Trinajstić information content (AvgIpc) is 1.88. The fourth-order valence-electron chi connectivity index (χ4n) is 1.21. The van der Waals surface area contributed by atoms with Crippen LogP contribution in [-0.4, -0.2) is 30.9 Å². The van der Waals surface area contributed by atoms with E-state index in [0.717, 1.165) is 6.54 Å². The van der Waals surface area contributed by atoms with Crippen LogP contribution in [0.4, 0.5) is 0 Å². The van der Waals surface area contributed by atoms with Crippen LogP contribution in [0, 0.1) is 5.92 Å². The summed E-state index contributed by atoms with van der Waals surface area (Å²) in [6, 6.07) is 0.595. The van der Waals surface area contributed by atoms with Crippen molar-refractivity contribution in [1.29, 1.82) is 0 Å². The van der Waals surface area contributed by atoms with Crippen LogP contribution in [0.15, 0.2) is 5.10 Å². The molecule has 1 aliphatic rings. The van der Waals surface area contributed by atoms with Crippen molar-refractivity contribution in [2.24, 2.45) is 11.0 Å². The van der Waals surface area contributed by atoms with E-state index in [9.17, 15) is 0 Å². The minimum atomic E-state index is 0.595. The molecule has 0 aliphatic carbocycles. The summed E-state index contributed by atoms with van der Waals surface area (Å²) in [6.07, 6.45) is 1.84. The monoisotopic (exact) mass is 141 g/mol. The van der Waals surface area contributed by atoms with Crippen molar-refractivity contribution in [3.63, 3.8) is 0 Å². The molecule has 0 spiro atoms. The molecule has 0 saturated carbocycles. The van der Waals surface area contributed by atoms with E-state index < -0.39 is 0 Å². The highest BCUT2D eigenvalue weighted by molar-refractivity contribution is 5.55. The van der Waals surface area contributed by atoms with Crippen LogP contribution in [0.2, 0.25) is 0 Å². The Labute approximate surface area is 62.1 Å². The highest BCUT2D eigenvalue weighted by atomic mass is 15.4. The SMILES string of the molecule is CC(C)C1CNN=CN1C. The van der Waals surface area contributed by atoms with E-state index in [4.69, 9.17) is 0 Å². The van der Waals surface area contributed by atoms with E-state index in [1.54, 1.807) is 0 Å². The molecule has 1 unspecified atom stereocenters. The largest absolute Gasteiger partial charge is 0.359 e. The number of nitrogens with zero attached hydrogens (tertiary/aromatic N) is 2. The summed E-state index contributed by atoms with van der Waals surface area (Å²) in [5, 5.41) is 3.94. The minimum Gasteiger partial charge on any atom is -0.359 e. The van der Waals surface area contributed by atoms with Crippen LogP contribution in [0.1, 0.15) is 13.8 Å². The van der Waals surface area contributed by atoms with Gasteiger partial charge in [0.05, 0.1) is 12.6 Å². The van der Waals surface area contributed by atoms with Crippen LogP contribution in [0.3, 0.4) is 0 Å². The number of likely N-dealkylation sites (N-methyl/N-ethyl adjacent to an activating group) is 1. The van der Waals surface area contributed by atoms with E-state index in [1.165, 1.54) is 0 Å². The summed E-state index contributed by atoms with van der Waals surface area (Å²) in [5.74, 6) is 0.684. The van der Waals surface area contributed by atoms with Gasteiger partial charge in [0.15, 0.2) is 0 Å². The van der Waals surface area contributed by atoms with Crippen LogP contribution in [0.25, 0.3) is 0 Å². The highest BCUT2D eigenvalue weighted by Crippen LogP contribution is 2.07. The highest BCUT2D eigenvalue weighted by Gasteiger charge is 2.18. The number of hydrazone groups is 1. The second-order valence-electron chi connectivity index (χ2n) is 3.08. The van der Waals surface area contributed by atoms with E-state index in [0.29, 0.717) is 12.0 Å². The minimum absolute atomic E-state index is 0.595. The van der Waals surface area contributed by atoms with Gasteiger partial charge in [0, 0.05) is 7.05 Å². The zero-order valence-corrected chi connectivity index (χ0v) is 6.83. The Balaban J connectivity index is 2.52. The first-order valence-electron chi connectivity index (χ1n) is 3.70. The Bertz CT molecular complexity index is 131. The Kier molecular flexibility index (Phi) is 2.14. The first-order valence-corrected chi connectivity index (χ1v) is 3.70. The van der Waals surface area contributed by atoms with E-state index in [1.807, 2.05) is 6.34 Å². The molecule has 1 atom stereocenters. The molecule has 1 rings (SSSR count). The lowest BCUT2D eigenvalue weighted by molar-refractivity contribution is 0.267. The van der Waals surface area contributed by atoms with Crippen LogP contribution >= 0.6 is 0 Å². The third-order valence-corrected chi connectivity index (χ3v) is 1.92. The van der Waals surface area contributed by atoms with Gasteiger partial charge in [-0.15, -0.1) is 0 Å². The molecule has 1 heterocycles. The lowest BCUT2D eigenvalue weighted by Gasteiger charge is -2.32. The van der Waals surface area contributed by atoms with Crippen molar-refractivity contribution in [2.45, 2.75) is 19.9 Å². The zero-order valence-electron chi connectivity index (χ0n) is 6.83. The van der Waals surface area contributed by atoms with E-state index >= 15 is 0 Å². The molecule has 0 bridgehead atoms. The second kappa shape index (κ2) is 2.90. The normalized spacial score (nSPS) is 25.2. The maximum absolute atomic E-state index is 3.94. The number of rotatable bonds is 1. The average molecular weight is 141 g/mol. The van der Waals surface area contributed by atoms with Crippen molar-refractivity contribution in [1.82, 2.24) is 10.3 Å². The van der Waals surface area contributed by atoms with Gasteiger partial charge in [-0.2, -0.15) is 5.10 Å². The molecular formula is C7H15N3. The molecule has 0 aromatic rings. The van der Waals surface area contributed by atoms with Gasteiger partial charge in [0.2, 0.25) is 0 Å². The first kappa shape index (κ1) is 7.38. The van der Waals surface area contributed by atoms with Crippen LogP contribution < -0.4 is 5.43 Å². The van der Waals surface area contributed by atoms with Gasteiger partial charge in [0.25, 0.3) is 0 Å². The standard InChI is InChI=1S/C7H15N3/c1-6(2)7-4-8-9-5-10(7)3/h5-8H,4H2,1-3H3. The third-order valence-electron chi connectivity index (χ3n) is 1.92. The molecule has 3 nitrogen and oxygen atoms in total. The predicted octanol–water partition coefficient (Wildman–Crippen LogP) is 0.489.